The van der Waals surface area contributed by atoms with Crippen LogP contribution in [-0.2, 0) is 17.1 Å². The van der Waals surface area contributed by atoms with Gasteiger partial charge in [0.1, 0.15) is 0 Å². The first kappa shape index (κ1) is 19.8. The molecule has 0 atom stereocenters. The van der Waals surface area contributed by atoms with Crippen molar-refractivity contribution < 1.29 is 42.3 Å². The Kier molecular flexibility index (Phi) is 7.26. The molecule has 2 aliphatic carbocycles. The van der Waals surface area contributed by atoms with Gasteiger partial charge in [0, 0.05) is 17.1 Å². The zero-order chi connectivity index (χ0) is 13.5. The molecule has 0 heterocycles. The van der Waals surface area contributed by atoms with Gasteiger partial charge in [0.2, 0.25) is 0 Å². The Morgan fingerprint density at radius 3 is 0.778 bits per heavy atom. The second-order valence-electron chi connectivity index (χ2n) is 3.14. The summed E-state index contributed by atoms with van der Waals surface area (Å²) in [4.78, 5) is 0. The fraction of sp³-hybridized carbons (Fsp3) is 0.200. The van der Waals surface area contributed by atoms with E-state index >= 15 is 0 Å². The maximum Gasteiger partial charge on any atom is 0 e. The van der Waals surface area contributed by atoms with Gasteiger partial charge in [-0.1, -0.05) is 48.6 Å². The van der Waals surface area contributed by atoms with Gasteiger partial charge in [0.05, 0.1) is 0 Å². The van der Waals surface area contributed by atoms with Crippen LogP contribution in [0.4, 0.5) is 25.2 Å². The SMILES string of the molecule is C1=CCC=C1.C1=CCC=C1.F[P-](F)(F)(F)(F)F.[Fe]. The molecule has 0 unspecified atom stereocenters. The molecular formula is C10H12F6FeP-. The normalized spacial score (nSPS) is 18.8. The second kappa shape index (κ2) is 6.60. The van der Waals surface area contributed by atoms with Gasteiger partial charge in [-0.25, -0.2) is 0 Å². The molecule has 0 N–H and O–H groups in total. The number of allylic oxidation sites excluding steroid dienone is 8. The van der Waals surface area contributed by atoms with Crippen LogP contribution in [0.5, 0.6) is 0 Å². The summed E-state index contributed by atoms with van der Waals surface area (Å²) in [5, 5.41) is 0. The molecule has 0 amide bonds. The Morgan fingerprint density at radius 2 is 0.722 bits per heavy atom. The Hall–Kier alpha value is -0.511. The minimum absolute atomic E-state index is 0. The molecule has 0 spiro atoms. The first-order chi connectivity index (χ1) is 7.45. The van der Waals surface area contributed by atoms with E-state index < -0.39 is 7.81 Å². The fourth-order valence-corrected chi connectivity index (χ4v) is 0.786. The van der Waals surface area contributed by atoms with Gasteiger partial charge in [0.25, 0.3) is 0 Å². The van der Waals surface area contributed by atoms with E-state index in [0.717, 1.165) is 12.8 Å². The van der Waals surface area contributed by atoms with E-state index in [1.165, 1.54) is 0 Å². The van der Waals surface area contributed by atoms with Crippen LogP contribution in [0.2, 0.25) is 0 Å². The third kappa shape index (κ3) is 36.1. The molecule has 2 rings (SSSR count). The molecule has 0 nitrogen and oxygen atoms in total. The van der Waals surface area contributed by atoms with E-state index in [1.54, 1.807) is 0 Å². The minimum atomic E-state index is -10.7. The van der Waals surface area contributed by atoms with Gasteiger partial charge in [-0.3, -0.25) is 0 Å². The average molecular weight is 333 g/mol. The van der Waals surface area contributed by atoms with Crippen LogP contribution in [0.3, 0.4) is 0 Å². The number of halogens is 6. The molecule has 0 aromatic heterocycles. The van der Waals surface area contributed by atoms with Crippen LogP contribution in [0.25, 0.3) is 0 Å². The summed E-state index contributed by atoms with van der Waals surface area (Å²) < 4.78 is 59.2. The molecule has 0 saturated heterocycles. The van der Waals surface area contributed by atoms with Crippen LogP contribution < -0.4 is 0 Å². The van der Waals surface area contributed by atoms with Crippen molar-refractivity contribution in [3.63, 3.8) is 0 Å². The zero-order valence-electron chi connectivity index (χ0n) is 9.10. The topological polar surface area (TPSA) is 0 Å². The molecule has 0 saturated carbocycles. The van der Waals surface area contributed by atoms with Gasteiger partial charge in [0.15, 0.2) is 0 Å². The van der Waals surface area contributed by atoms with E-state index in [-0.39, 0.29) is 17.1 Å². The molecule has 0 aromatic carbocycles. The monoisotopic (exact) mass is 333 g/mol. The number of hydrogen-bond donors (Lipinski definition) is 0. The van der Waals surface area contributed by atoms with Crippen molar-refractivity contribution in [1.82, 2.24) is 0 Å². The predicted molar refractivity (Wildman–Crippen MR) is 59.4 cm³/mol. The quantitative estimate of drug-likeness (QED) is 0.274. The molecule has 8 heteroatoms. The van der Waals surface area contributed by atoms with E-state index in [1.807, 2.05) is 0 Å². The fourth-order valence-electron chi connectivity index (χ4n) is 0.786. The van der Waals surface area contributed by atoms with Gasteiger partial charge < -0.3 is 0 Å². The molecule has 0 fully saturated rings. The first-order valence-electron chi connectivity index (χ1n) is 4.65. The molecule has 18 heavy (non-hydrogen) atoms. The largest absolute Gasteiger partial charge is 0 e. The van der Waals surface area contributed by atoms with Crippen LogP contribution in [0.1, 0.15) is 12.8 Å². The van der Waals surface area contributed by atoms with Gasteiger partial charge in [-0.05, 0) is 12.8 Å². The van der Waals surface area contributed by atoms with E-state index in [2.05, 4.69) is 48.6 Å². The summed E-state index contributed by atoms with van der Waals surface area (Å²) in [6, 6.07) is 0. The Balaban J connectivity index is 0. The van der Waals surface area contributed by atoms with E-state index in [9.17, 15) is 25.2 Å². The summed E-state index contributed by atoms with van der Waals surface area (Å²) in [5.74, 6) is 0. The van der Waals surface area contributed by atoms with Crippen molar-refractivity contribution in [2.75, 3.05) is 0 Å². The average Bonchev–Trinajstić information content (AvgIpc) is 2.78. The van der Waals surface area contributed by atoms with Crippen molar-refractivity contribution in [2.45, 2.75) is 12.8 Å². The molecule has 2 aliphatic rings. The van der Waals surface area contributed by atoms with Crippen LogP contribution in [-0.4, -0.2) is 0 Å². The van der Waals surface area contributed by atoms with Crippen LogP contribution in [0.15, 0.2) is 48.6 Å². The Bertz CT molecular complexity index is 295. The smallest absolute Gasteiger partial charge is 0 e. The van der Waals surface area contributed by atoms with Gasteiger partial charge in [-0.15, -0.1) is 0 Å². The van der Waals surface area contributed by atoms with Gasteiger partial charge in [-0.2, -0.15) is 0 Å². The van der Waals surface area contributed by atoms with Gasteiger partial charge >= 0.3 is 33.0 Å². The molecule has 0 bridgehead atoms. The van der Waals surface area contributed by atoms with Crippen molar-refractivity contribution >= 4 is 7.81 Å². The van der Waals surface area contributed by atoms with Crippen molar-refractivity contribution in [3.05, 3.63) is 48.6 Å². The van der Waals surface area contributed by atoms with E-state index in [0.29, 0.717) is 0 Å². The standard InChI is InChI=1S/2C5H6.F6P.Fe/c2*1-2-4-5-3-1;1-7(2,3,4,5)6;/h2*1-4H,5H2;;/q;;-1;. The Morgan fingerprint density at radius 1 is 0.556 bits per heavy atom. The molecular weight excluding hydrogens is 321 g/mol. The number of rotatable bonds is 0. The Labute approximate surface area is 112 Å². The third-order valence-corrected chi connectivity index (χ3v) is 1.31. The maximum atomic E-state index is 9.87. The minimum Gasteiger partial charge on any atom is 0 e. The molecule has 108 valence electrons. The summed E-state index contributed by atoms with van der Waals surface area (Å²) >= 11 is 0. The summed E-state index contributed by atoms with van der Waals surface area (Å²) in [5.41, 5.74) is 0. The van der Waals surface area contributed by atoms with Crippen molar-refractivity contribution in [3.8, 4) is 0 Å². The third-order valence-electron chi connectivity index (χ3n) is 1.31. The van der Waals surface area contributed by atoms with Crippen molar-refractivity contribution in [1.29, 1.82) is 0 Å². The van der Waals surface area contributed by atoms with Crippen LogP contribution >= 0.6 is 7.81 Å². The number of hydrogen-bond acceptors (Lipinski definition) is 0. The second-order valence-corrected chi connectivity index (χ2v) is 5.06. The van der Waals surface area contributed by atoms with Crippen LogP contribution in [0, 0.1) is 0 Å². The summed E-state index contributed by atoms with van der Waals surface area (Å²) in [6.07, 6.45) is 19.0. The molecule has 0 radical (unpaired) electrons. The maximum absolute atomic E-state index is 10.7. The summed E-state index contributed by atoms with van der Waals surface area (Å²) in [6.45, 7) is 0. The predicted octanol–water partition coefficient (Wildman–Crippen LogP) is 6.38. The zero-order valence-corrected chi connectivity index (χ0v) is 11.1. The van der Waals surface area contributed by atoms with Crippen molar-refractivity contribution in [2.24, 2.45) is 0 Å². The van der Waals surface area contributed by atoms with E-state index in [4.69, 9.17) is 0 Å². The molecule has 0 aromatic rings. The summed E-state index contributed by atoms with van der Waals surface area (Å²) in [7, 11) is -10.7. The first-order valence-corrected chi connectivity index (χ1v) is 6.68. The molecule has 0 aliphatic heterocycles.